The fourth-order valence-electron chi connectivity index (χ4n) is 3.29. The Morgan fingerprint density at radius 1 is 1.21 bits per heavy atom. The molecule has 1 aromatic carbocycles. The van der Waals surface area contributed by atoms with Gasteiger partial charge < -0.3 is 10.2 Å². The summed E-state index contributed by atoms with van der Waals surface area (Å²) in [5, 5.41) is 5.21. The quantitative estimate of drug-likeness (QED) is 0.790. The zero-order chi connectivity index (χ0) is 16.5. The highest BCUT2D eigenvalue weighted by Crippen LogP contribution is 2.27. The van der Waals surface area contributed by atoms with E-state index in [-0.39, 0.29) is 5.91 Å². The van der Waals surface area contributed by atoms with Crippen molar-refractivity contribution >= 4 is 38.4 Å². The van der Waals surface area contributed by atoms with E-state index in [1.54, 1.807) is 0 Å². The van der Waals surface area contributed by atoms with Gasteiger partial charge in [-0.1, -0.05) is 11.6 Å². The van der Waals surface area contributed by atoms with Crippen molar-refractivity contribution in [2.45, 2.75) is 19.8 Å². The van der Waals surface area contributed by atoms with Gasteiger partial charge in [0.15, 0.2) is 0 Å². The standard InChI is InChI=1S/C19H21N3OS/c1-13-4-5-16-14(10-13)11-15-12-17(24-19(15)21-16)18(23)20-6-9-22-7-2-3-8-22/h4-5,10-12H,2-3,6-9H2,1H3,(H,20,23). The van der Waals surface area contributed by atoms with Crippen LogP contribution in [0, 0.1) is 6.92 Å². The van der Waals surface area contributed by atoms with Gasteiger partial charge in [0.2, 0.25) is 0 Å². The van der Waals surface area contributed by atoms with Crippen molar-refractivity contribution in [2.24, 2.45) is 0 Å². The molecular weight excluding hydrogens is 318 g/mol. The lowest BCUT2D eigenvalue weighted by Crippen LogP contribution is -2.33. The van der Waals surface area contributed by atoms with Crippen LogP contribution in [0.1, 0.15) is 28.1 Å². The smallest absolute Gasteiger partial charge is 0.261 e. The van der Waals surface area contributed by atoms with Crippen LogP contribution in [0.15, 0.2) is 30.3 Å². The summed E-state index contributed by atoms with van der Waals surface area (Å²) in [6.07, 6.45) is 2.56. The maximum absolute atomic E-state index is 12.4. The fourth-order valence-corrected chi connectivity index (χ4v) is 4.23. The lowest BCUT2D eigenvalue weighted by atomic mass is 10.1. The van der Waals surface area contributed by atoms with Crippen LogP contribution < -0.4 is 5.32 Å². The number of thiophene rings is 1. The van der Waals surface area contributed by atoms with Crippen molar-refractivity contribution < 1.29 is 4.79 Å². The van der Waals surface area contributed by atoms with E-state index in [1.807, 2.05) is 12.1 Å². The second-order valence-electron chi connectivity index (χ2n) is 6.49. The third kappa shape index (κ3) is 3.14. The summed E-state index contributed by atoms with van der Waals surface area (Å²) < 4.78 is 0. The van der Waals surface area contributed by atoms with E-state index < -0.39 is 0 Å². The largest absolute Gasteiger partial charge is 0.350 e. The molecule has 5 heteroatoms. The van der Waals surface area contributed by atoms with Crippen LogP contribution in [0.4, 0.5) is 0 Å². The van der Waals surface area contributed by atoms with Gasteiger partial charge in [0.05, 0.1) is 10.4 Å². The van der Waals surface area contributed by atoms with Gasteiger partial charge in [0.1, 0.15) is 4.83 Å². The summed E-state index contributed by atoms with van der Waals surface area (Å²) in [5.41, 5.74) is 2.20. The Labute approximate surface area is 145 Å². The molecule has 124 valence electrons. The molecule has 1 aliphatic rings. The Hall–Kier alpha value is -1.98. The Kier molecular flexibility index (Phi) is 4.21. The number of nitrogens with one attached hydrogen (secondary N) is 1. The maximum Gasteiger partial charge on any atom is 0.261 e. The average molecular weight is 339 g/mol. The van der Waals surface area contributed by atoms with Gasteiger partial charge in [0, 0.05) is 23.9 Å². The van der Waals surface area contributed by atoms with Crippen molar-refractivity contribution in [1.82, 2.24) is 15.2 Å². The number of likely N-dealkylation sites (tertiary alicyclic amines) is 1. The van der Waals surface area contributed by atoms with Gasteiger partial charge in [0.25, 0.3) is 5.91 Å². The Morgan fingerprint density at radius 3 is 2.88 bits per heavy atom. The van der Waals surface area contributed by atoms with Crippen LogP contribution in [-0.4, -0.2) is 42.0 Å². The molecule has 0 radical (unpaired) electrons. The van der Waals surface area contributed by atoms with E-state index in [9.17, 15) is 4.79 Å². The highest BCUT2D eigenvalue weighted by molar-refractivity contribution is 7.20. The summed E-state index contributed by atoms with van der Waals surface area (Å²) in [6, 6.07) is 10.3. The minimum Gasteiger partial charge on any atom is -0.350 e. The van der Waals surface area contributed by atoms with Gasteiger partial charge in [-0.05, 0) is 57.1 Å². The Morgan fingerprint density at radius 2 is 2.04 bits per heavy atom. The van der Waals surface area contributed by atoms with Crippen molar-refractivity contribution in [3.8, 4) is 0 Å². The number of pyridine rings is 1. The van der Waals surface area contributed by atoms with Gasteiger partial charge in [-0.25, -0.2) is 4.98 Å². The monoisotopic (exact) mass is 339 g/mol. The van der Waals surface area contributed by atoms with Gasteiger partial charge in [-0.2, -0.15) is 0 Å². The predicted octanol–water partition coefficient (Wildman–Crippen LogP) is 3.58. The molecule has 0 aliphatic carbocycles. The van der Waals surface area contributed by atoms with E-state index >= 15 is 0 Å². The molecular formula is C19H21N3OS. The highest BCUT2D eigenvalue weighted by atomic mass is 32.1. The van der Waals surface area contributed by atoms with Crippen LogP contribution in [0.2, 0.25) is 0 Å². The maximum atomic E-state index is 12.4. The Bertz CT molecular complexity index is 896. The second kappa shape index (κ2) is 6.49. The van der Waals surface area contributed by atoms with Crippen LogP contribution in [0.25, 0.3) is 21.1 Å². The first-order valence-electron chi connectivity index (χ1n) is 8.50. The normalized spacial score (nSPS) is 15.4. The number of nitrogens with zero attached hydrogens (tertiary/aromatic N) is 2. The van der Waals surface area contributed by atoms with E-state index in [2.05, 4.69) is 35.3 Å². The molecule has 1 saturated heterocycles. The summed E-state index contributed by atoms with van der Waals surface area (Å²) in [7, 11) is 0. The lowest BCUT2D eigenvalue weighted by molar-refractivity contribution is 0.0954. The topological polar surface area (TPSA) is 45.2 Å². The molecule has 2 aromatic heterocycles. The third-order valence-electron chi connectivity index (χ3n) is 4.59. The number of rotatable bonds is 4. The number of hydrogen-bond donors (Lipinski definition) is 1. The summed E-state index contributed by atoms with van der Waals surface area (Å²) in [5.74, 6) is 0.0115. The van der Waals surface area contributed by atoms with Crippen LogP contribution >= 0.6 is 11.3 Å². The first-order valence-corrected chi connectivity index (χ1v) is 9.32. The number of hydrogen-bond acceptors (Lipinski definition) is 4. The Balaban J connectivity index is 1.51. The average Bonchev–Trinajstić information content (AvgIpc) is 3.21. The minimum atomic E-state index is 0.0115. The zero-order valence-corrected chi connectivity index (χ0v) is 14.7. The predicted molar refractivity (Wildman–Crippen MR) is 99.9 cm³/mol. The molecule has 4 nitrogen and oxygen atoms in total. The van der Waals surface area contributed by atoms with Crippen molar-refractivity contribution in [3.05, 3.63) is 40.8 Å². The molecule has 1 amide bonds. The number of benzene rings is 1. The molecule has 24 heavy (non-hydrogen) atoms. The number of aromatic nitrogens is 1. The zero-order valence-electron chi connectivity index (χ0n) is 13.8. The van der Waals surface area contributed by atoms with E-state index in [0.717, 1.165) is 45.6 Å². The molecule has 1 N–H and O–H groups in total. The number of carbonyl (C=O) groups is 1. The molecule has 1 fully saturated rings. The number of amides is 1. The van der Waals surface area contributed by atoms with Crippen molar-refractivity contribution in [3.63, 3.8) is 0 Å². The minimum absolute atomic E-state index is 0.0115. The number of fused-ring (bicyclic) bond motifs is 2. The van der Waals surface area contributed by atoms with Gasteiger partial charge in [-0.15, -0.1) is 11.3 Å². The van der Waals surface area contributed by atoms with Gasteiger partial charge >= 0.3 is 0 Å². The number of aryl methyl sites for hydroxylation is 1. The lowest BCUT2D eigenvalue weighted by Gasteiger charge is -2.14. The molecule has 0 bridgehead atoms. The summed E-state index contributed by atoms with van der Waals surface area (Å²) in [4.78, 5) is 21.2. The molecule has 0 unspecified atom stereocenters. The SMILES string of the molecule is Cc1ccc2nc3sc(C(=O)NCCN4CCCC4)cc3cc2c1. The van der Waals surface area contributed by atoms with Crippen LogP contribution in [0.3, 0.4) is 0 Å². The van der Waals surface area contributed by atoms with E-state index in [4.69, 9.17) is 4.98 Å². The number of carbonyl (C=O) groups excluding carboxylic acids is 1. The van der Waals surface area contributed by atoms with Crippen molar-refractivity contribution in [1.29, 1.82) is 0 Å². The van der Waals surface area contributed by atoms with E-state index in [1.165, 1.54) is 29.7 Å². The van der Waals surface area contributed by atoms with Crippen LogP contribution in [0.5, 0.6) is 0 Å². The highest BCUT2D eigenvalue weighted by Gasteiger charge is 2.14. The molecule has 0 saturated carbocycles. The van der Waals surface area contributed by atoms with E-state index in [0.29, 0.717) is 6.54 Å². The van der Waals surface area contributed by atoms with Crippen LogP contribution in [-0.2, 0) is 0 Å². The second-order valence-corrected chi connectivity index (χ2v) is 7.52. The molecule has 1 aliphatic heterocycles. The molecule has 3 heterocycles. The molecule has 0 spiro atoms. The fraction of sp³-hybridized carbons (Fsp3) is 0.368. The summed E-state index contributed by atoms with van der Waals surface area (Å²) in [6.45, 7) is 6.06. The summed E-state index contributed by atoms with van der Waals surface area (Å²) >= 11 is 1.47. The van der Waals surface area contributed by atoms with Crippen molar-refractivity contribution in [2.75, 3.05) is 26.2 Å². The molecule has 0 atom stereocenters. The van der Waals surface area contributed by atoms with Gasteiger partial charge in [-0.3, -0.25) is 4.79 Å². The third-order valence-corrected chi connectivity index (χ3v) is 5.64. The molecule has 4 rings (SSSR count). The molecule has 3 aromatic rings. The first-order chi connectivity index (χ1) is 11.7. The first kappa shape index (κ1) is 15.5.